The van der Waals surface area contributed by atoms with E-state index in [-0.39, 0.29) is 11.5 Å². The van der Waals surface area contributed by atoms with E-state index in [0.29, 0.717) is 45.4 Å². The van der Waals surface area contributed by atoms with Gasteiger partial charge in [-0.1, -0.05) is 12.1 Å². The molecule has 2 rings (SSSR count). The van der Waals surface area contributed by atoms with Gasteiger partial charge in [-0.25, -0.2) is 0 Å². The number of aryl methyl sites for hydroxylation is 4. The largest absolute Gasteiger partial charge is 0.372 e. The van der Waals surface area contributed by atoms with Gasteiger partial charge >= 0.3 is 0 Å². The Hall–Kier alpha value is -2.14. The molecular formula is C27H42N2O6S2. The van der Waals surface area contributed by atoms with Crippen LogP contribution in [0.15, 0.2) is 24.3 Å². The van der Waals surface area contributed by atoms with Gasteiger partial charge in [-0.05, 0) is 99.9 Å². The van der Waals surface area contributed by atoms with Gasteiger partial charge in [-0.15, -0.1) is 0 Å². The zero-order valence-corrected chi connectivity index (χ0v) is 24.5. The summed E-state index contributed by atoms with van der Waals surface area (Å²) >= 11 is 0. The monoisotopic (exact) mass is 554 g/mol. The summed E-state index contributed by atoms with van der Waals surface area (Å²) in [5.74, 6) is -0.556. The average Bonchev–Trinajstić information content (AvgIpc) is 2.75. The molecule has 0 heterocycles. The van der Waals surface area contributed by atoms with Crippen molar-refractivity contribution in [2.75, 3.05) is 47.5 Å². The van der Waals surface area contributed by atoms with Crippen molar-refractivity contribution in [2.24, 2.45) is 0 Å². The Morgan fingerprint density at radius 3 is 1.30 bits per heavy atom. The Morgan fingerprint density at radius 2 is 1.00 bits per heavy atom. The highest BCUT2D eigenvalue weighted by Gasteiger charge is 2.20. The SMILES string of the molecule is CCN(CCCS(=O)(=O)O)c1cc(C)cc(C)c1Cc1c(C)cc(C)cc1N(CC)CCCS(=O)(=O)O. The first-order chi connectivity index (χ1) is 17.1. The molecule has 0 bridgehead atoms. The zero-order valence-electron chi connectivity index (χ0n) is 22.9. The first-order valence-electron chi connectivity index (χ1n) is 12.8. The molecule has 2 N–H and O–H groups in total. The molecule has 0 aliphatic rings. The minimum absolute atomic E-state index is 0.278. The van der Waals surface area contributed by atoms with Crippen LogP contribution in [0.4, 0.5) is 11.4 Å². The van der Waals surface area contributed by atoms with E-state index in [1.54, 1.807) is 0 Å². The molecule has 10 heteroatoms. The second-order valence-electron chi connectivity index (χ2n) is 9.77. The molecule has 0 unspecified atom stereocenters. The van der Waals surface area contributed by atoms with Crippen molar-refractivity contribution >= 4 is 31.6 Å². The van der Waals surface area contributed by atoms with E-state index in [4.69, 9.17) is 0 Å². The molecule has 0 aliphatic carbocycles. The molecule has 37 heavy (non-hydrogen) atoms. The molecule has 0 saturated heterocycles. The number of rotatable bonds is 14. The number of hydrogen-bond donors (Lipinski definition) is 2. The smallest absolute Gasteiger partial charge is 0.264 e. The van der Waals surface area contributed by atoms with Gasteiger partial charge in [0.05, 0.1) is 11.5 Å². The molecular weight excluding hydrogens is 512 g/mol. The highest BCUT2D eigenvalue weighted by molar-refractivity contribution is 7.86. The van der Waals surface area contributed by atoms with Gasteiger partial charge in [0.2, 0.25) is 0 Å². The van der Waals surface area contributed by atoms with Crippen molar-refractivity contribution in [1.29, 1.82) is 0 Å². The van der Waals surface area contributed by atoms with E-state index in [1.807, 2.05) is 27.7 Å². The van der Waals surface area contributed by atoms with Crippen LogP contribution >= 0.6 is 0 Å². The van der Waals surface area contributed by atoms with E-state index in [2.05, 4.69) is 47.9 Å². The number of hydrogen-bond acceptors (Lipinski definition) is 6. The van der Waals surface area contributed by atoms with Crippen LogP contribution < -0.4 is 9.80 Å². The maximum Gasteiger partial charge on any atom is 0.264 e. The van der Waals surface area contributed by atoms with E-state index >= 15 is 0 Å². The summed E-state index contributed by atoms with van der Waals surface area (Å²) in [7, 11) is -8.03. The van der Waals surface area contributed by atoms with Crippen molar-refractivity contribution in [3.05, 3.63) is 57.6 Å². The fourth-order valence-electron chi connectivity index (χ4n) is 4.92. The first-order valence-corrected chi connectivity index (χ1v) is 16.0. The predicted octanol–water partition coefficient (Wildman–Crippen LogP) is 4.72. The lowest BCUT2D eigenvalue weighted by atomic mass is 9.91. The van der Waals surface area contributed by atoms with E-state index in [0.717, 1.165) is 44.8 Å². The van der Waals surface area contributed by atoms with Crippen LogP contribution in [0.2, 0.25) is 0 Å². The molecule has 0 aliphatic heterocycles. The van der Waals surface area contributed by atoms with E-state index < -0.39 is 20.2 Å². The molecule has 0 aromatic heterocycles. The van der Waals surface area contributed by atoms with Crippen LogP contribution in [0.1, 0.15) is 60.1 Å². The molecule has 8 nitrogen and oxygen atoms in total. The number of nitrogens with zero attached hydrogens (tertiary/aromatic N) is 2. The lowest BCUT2D eigenvalue weighted by molar-refractivity contribution is 0.478. The van der Waals surface area contributed by atoms with Gasteiger partial charge in [-0.3, -0.25) is 9.11 Å². The third-order valence-electron chi connectivity index (χ3n) is 6.65. The van der Waals surface area contributed by atoms with Crippen LogP contribution in [0.25, 0.3) is 0 Å². The Labute approximate surface area is 223 Å². The van der Waals surface area contributed by atoms with Gasteiger partial charge in [-0.2, -0.15) is 16.8 Å². The van der Waals surface area contributed by atoms with Gasteiger partial charge in [0.1, 0.15) is 0 Å². The summed E-state index contributed by atoms with van der Waals surface area (Å²) in [5.41, 5.74) is 8.93. The van der Waals surface area contributed by atoms with Crippen LogP contribution in [-0.4, -0.2) is 63.6 Å². The van der Waals surface area contributed by atoms with Crippen molar-refractivity contribution in [3.63, 3.8) is 0 Å². The fourth-order valence-corrected chi connectivity index (χ4v) is 5.91. The molecule has 0 radical (unpaired) electrons. The lowest BCUT2D eigenvalue weighted by Gasteiger charge is -2.30. The first kappa shape index (κ1) is 31.1. The van der Waals surface area contributed by atoms with E-state index in [1.165, 1.54) is 0 Å². The van der Waals surface area contributed by atoms with E-state index in [9.17, 15) is 25.9 Å². The Balaban J connectivity index is 2.51. The second kappa shape index (κ2) is 13.1. The predicted molar refractivity (Wildman–Crippen MR) is 152 cm³/mol. The molecule has 208 valence electrons. The topological polar surface area (TPSA) is 115 Å². The normalized spacial score (nSPS) is 12.1. The molecule has 0 amide bonds. The van der Waals surface area contributed by atoms with Crippen molar-refractivity contribution < 1.29 is 25.9 Å². The minimum Gasteiger partial charge on any atom is -0.372 e. The summed E-state index contributed by atoms with van der Waals surface area (Å²) in [6.45, 7) is 14.7. The summed E-state index contributed by atoms with van der Waals surface area (Å²) in [6.07, 6.45) is 1.31. The Kier molecular flexibility index (Phi) is 11.0. The van der Waals surface area contributed by atoms with Gasteiger partial charge < -0.3 is 9.80 Å². The Morgan fingerprint density at radius 1 is 0.649 bits per heavy atom. The third-order valence-corrected chi connectivity index (χ3v) is 8.26. The lowest BCUT2D eigenvalue weighted by Crippen LogP contribution is -2.28. The maximum absolute atomic E-state index is 11.3. The molecule has 0 atom stereocenters. The zero-order chi connectivity index (χ0) is 28.0. The van der Waals surface area contributed by atoms with Gasteiger partial charge in [0, 0.05) is 44.0 Å². The molecule has 0 spiro atoms. The van der Waals surface area contributed by atoms with Crippen LogP contribution in [0.3, 0.4) is 0 Å². The number of anilines is 2. The Bertz CT molecular complexity index is 1190. The molecule has 2 aromatic rings. The molecule has 0 fully saturated rings. The van der Waals surface area contributed by atoms with Crippen LogP contribution in [0.5, 0.6) is 0 Å². The second-order valence-corrected chi connectivity index (χ2v) is 12.9. The summed E-state index contributed by atoms with van der Waals surface area (Å²) in [5, 5.41) is 0. The van der Waals surface area contributed by atoms with Crippen molar-refractivity contribution in [1.82, 2.24) is 0 Å². The highest BCUT2D eigenvalue weighted by atomic mass is 32.2. The molecule has 0 saturated carbocycles. The third kappa shape index (κ3) is 9.59. The highest BCUT2D eigenvalue weighted by Crippen LogP contribution is 2.34. The average molecular weight is 555 g/mol. The van der Waals surface area contributed by atoms with Crippen LogP contribution in [0, 0.1) is 27.7 Å². The van der Waals surface area contributed by atoms with Gasteiger partial charge in [0.15, 0.2) is 0 Å². The summed E-state index contributed by atoms with van der Waals surface area (Å²) < 4.78 is 63.4. The van der Waals surface area contributed by atoms with Gasteiger partial charge in [0.25, 0.3) is 20.2 Å². The standard InChI is InChI=1S/C27H42N2O6S2/c1-7-28(11-9-13-36(30,31)32)26-17-20(3)15-22(5)24(26)19-25-23(6)16-21(4)18-27(25)29(8-2)12-10-14-37(33,34)35/h15-18H,7-14,19H2,1-6H3,(H,30,31,32)(H,33,34,35). The number of benzene rings is 2. The van der Waals surface area contributed by atoms with Crippen molar-refractivity contribution in [2.45, 2.75) is 60.8 Å². The van der Waals surface area contributed by atoms with Crippen molar-refractivity contribution in [3.8, 4) is 0 Å². The summed E-state index contributed by atoms with van der Waals surface area (Å²) in [6, 6.07) is 8.56. The quantitative estimate of drug-likeness (QED) is 0.323. The maximum atomic E-state index is 11.3. The van der Waals surface area contributed by atoms with Crippen LogP contribution in [-0.2, 0) is 26.7 Å². The summed E-state index contributed by atoms with van der Waals surface area (Å²) in [4.78, 5) is 4.32. The molecule has 2 aromatic carbocycles. The minimum atomic E-state index is -4.02. The fraction of sp³-hybridized carbons (Fsp3) is 0.556.